The van der Waals surface area contributed by atoms with Gasteiger partial charge in [0.15, 0.2) is 0 Å². The number of nitrogens with zero attached hydrogens (tertiary/aromatic N) is 2. The predicted molar refractivity (Wildman–Crippen MR) is 68.5 cm³/mol. The van der Waals surface area contributed by atoms with Crippen LogP contribution in [0, 0.1) is 11.6 Å². The molecule has 2 heterocycles. The van der Waals surface area contributed by atoms with Crippen LogP contribution >= 0.6 is 0 Å². The number of benzene rings is 1. The Morgan fingerprint density at radius 2 is 2.16 bits per heavy atom. The molecule has 0 amide bonds. The van der Waals surface area contributed by atoms with Crippen molar-refractivity contribution >= 4 is 6.34 Å². The summed E-state index contributed by atoms with van der Waals surface area (Å²) < 4.78 is 31.9. The van der Waals surface area contributed by atoms with Crippen molar-refractivity contribution in [1.82, 2.24) is 10.4 Å². The van der Waals surface area contributed by atoms with E-state index < -0.39 is 17.2 Å². The lowest BCUT2D eigenvalue weighted by atomic mass is 9.99. The van der Waals surface area contributed by atoms with Gasteiger partial charge in [-0.25, -0.2) is 8.78 Å². The van der Waals surface area contributed by atoms with Gasteiger partial charge in [-0.2, -0.15) is 5.01 Å². The molecule has 0 aromatic heterocycles. The first-order valence-electron chi connectivity index (χ1n) is 6.29. The number of aliphatic imine (C=N–C) groups is 1. The fraction of sp³-hybridized carbons (Fsp3) is 0.462. The van der Waals surface area contributed by atoms with Crippen LogP contribution < -0.4 is 5.43 Å². The van der Waals surface area contributed by atoms with E-state index in [1.54, 1.807) is 6.34 Å². The fourth-order valence-corrected chi connectivity index (χ4v) is 1.98. The second-order valence-corrected chi connectivity index (χ2v) is 4.19. The molecule has 0 spiro atoms. The first-order chi connectivity index (χ1) is 9.20. The van der Waals surface area contributed by atoms with E-state index in [2.05, 4.69) is 10.4 Å². The molecule has 1 saturated heterocycles. The third-order valence-electron chi connectivity index (χ3n) is 2.95. The van der Waals surface area contributed by atoms with Crippen LogP contribution in [0.5, 0.6) is 0 Å². The van der Waals surface area contributed by atoms with Gasteiger partial charge in [0.2, 0.25) is 0 Å². The summed E-state index contributed by atoms with van der Waals surface area (Å²) in [6, 6.07) is 3.57. The molecule has 1 N–H and O–H groups in total. The number of rotatable bonds is 3. The van der Waals surface area contributed by atoms with Gasteiger partial charge >= 0.3 is 0 Å². The molecule has 4 nitrogen and oxygen atoms in total. The topological polar surface area (TPSA) is 40.2 Å². The number of hydrogen-bond donors (Lipinski definition) is 1. The van der Waals surface area contributed by atoms with Crippen molar-refractivity contribution < 1.29 is 13.5 Å². The molecule has 0 radical (unpaired) electrons. The van der Waals surface area contributed by atoms with E-state index in [9.17, 15) is 8.78 Å². The Morgan fingerprint density at radius 3 is 2.68 bits per heavy atom. The second kappa shape index (κ2) is 5.63. The third-order valence-corrected chi connectivity index (χ3v) is 2.95. The first kappa shape index (κ1) is 13.9. The Labute approximate surface area is 111 Å². The largest absolute Gasteiger partial charge is 0.363 e. The maximum absolute atomic E-state index is 13.7. The summed E-state index contributed by atoms with van der Waals surface area (Å²) in [4.78, 5) is 3.99. The van der Waals surface area contributed by atoms with Gasteiger partial charge in [-0.15, -0.1) is 0 Å². The molecule has 1 fully saturated rings. The number of hydrogen-bond acceptors (Lipinski definition) is 4. The van der Waals surface area contributed by atoms with Gasteiger partial charge in [0.25, 0.3) is 0 Å². The highest BCUT2D eigenvalue weighted by Crippen LogP contribution is 2.40. The van der Waals surface area contributed by atoms with E-state index in [-0.39, 0.29) is 0 Å². The smallest absolute Gasteiger partial charge is 0.134 e. The van der Waals surface area contributed by atoms with Gasteiger partial charge in [-0.3, -0.25) is 4.99 Å². The van der Waals surface area contributed by atoms with Crippen LogP contribution in [0.15, 0.2) is 23.2 Å². The third kappa shape index (κ3) is 2.90. The molecule has 0 aliphatic carbocycles. The van der Waals surface area contributed by atoms with Crippen LogP contribution in [0.1, 0.15) is 19.4 Å². The summed E-state index contributed by atoms with van der Waals surface area (Å²) in [5.41, 5.74) is 2.65. The highest BCUT2D eigenvalue weighted by atomic mass is 19.1. The van der Waals surface area contributed by atoms with Crippen LogP contribution in [0.25, 0.3) is 0 Å². The molecule has 6 heteroatoms. The van der Waals surface area contributed by atoms with Crippen LogP contribution in [0.4, 0.5) is 8.78 Å². The van der Waals surface area contributed by atoms with E-state index in [0.717, 1.165) is 6.07 Å². The number of ether oxygens (including phenoxy) is 1. The molecular formula is C13H17F2N3O. The summed E-state index contributed by atoms with van der Waals surface area (Å²) in [6.45, 7) is 5.43. The molecule has 1 atom stereocenters. The van der Waals surface area contributed by atoms with Gasteiger partial charge < -0.3 is 10.2 Å². The Balaban J connectivity index is 0.000000637. The monoisotopic (exact) mass is 269 g/mol. The van der Waals surface area contributed by atoms with Gasteiger partial charge in [-0.1, -0.05) is 19.9 Å². The molecule has 104 valence electrons. The van der Waals surface area contributed by atoms with Gasteiger partial charge in [0, 0.05) is 11.6 Å². The lowest BCUT2D eigenvalue weighted by Crippen LogP contribution is -2.39. The molecule has 19 heavy (non-hydrogen) atoms. The van der Waals surface area contributed by atoms with Crippen molar-refractivity contribution in [3.63, 3.8) is 0 Å². The van der Waals surface area contributed by atoms with Crippen molar-refractivity contribution in [2.45, 2.75) is 19.4 Å². The second-order valence-electron chi connectivity index (χ2n) is 4.19. The van der Waals surface area contributed by atoms with Crippen LogP contribution in [-0.4, -0.2) is 31.2 Å². The fourth-order valence-electron chi connectivity index (χ4n) is 1.98. The molecule has 1 aromatic carbocycles. The SMILES string of the molecule is CC.Fc1ccc(C2(CN3CN=CN3)CO2)c(F)c1. The normalized spacial score (nSPS) is 24.6. The molecule has 2 aliphatic rings. The van der Waals surface area contributed by atoms with E-state index in [0.29, 0.717) is 25.4 Å². The van der Waals surface area contributed by atoms with E-state index >= 15 is 0 Å². The lowest BCUT2D eigenvalue weighted by molar-refractivity contribution is 0.175. The molecule has 0 saturated carbocycles. The van der Waals surface area contributed by atoms with Gasteiger partial charge in [-0.05, 0) is 6.07 Å². The Kier molecular flexibility index (Phi) is 4.11. The first-order valence-corrected chi connectivity index (χ1v) is 6.29. The maximum atomic E-state index is 13.7. The van der Waals surface area contributed by atoms with Crippen LogP contribution in [-0.2, 0) is 10.3 Å². The van der Waals surface area contributed by atoms with Crippen LogP contribution in [0.2, 0.25) is 0 Å². The molecule has 2 aliphatic heterocycles. The van der Waals surface area contributed by atoms with E-state index in [1.807, 2.05) is 18.9 Å². The quantitative estimate of drug-likeness (QED) is 0.853. The van der Waals surface area contributed by atoms with Crippen molar-refractivity contribution in [2.24, 2.45) is 4.99 Å². The number of halogens is 2. The standard InChI is InChI=1S/C11H11F2N3O.C2H6/c12-8-1-2-9(10(13)3-8)11(5-17-11)4-16-7-14-6-15-16;1-2/h1-3,6H,4-5,7H2,(H,14,15);1-2H3. The molecular weight excluding hydrogens is 252 g/mol. The van der Waals surface area contributed by atoms with E-state index in [1.165, 1.54) is 12.1 Å². The number of nitrogens with one attached hydrogen (secondary N) is 1. The summed E-state index contributed by atoms with van der Waals surface area (Å²) in [5, 5.41) is 1.82. The highest BCUT2D eigenvalue weighted by Gasteiger charge is 2.49. The molecule has 0 bridgehead atoms. The zero-order valence-corrected chi connectivity index (χ0v) is 11.0. The van der Waals surface area contributed by atoms with Crippen molar-refractivity contribution in [1.29, 1.82) is 0 Å². The van der Waals surface area contributed by atoms with Crippen molar-refractivity contribution in [2.75, 3.05) is 19.8 Å². The zero-order chi connectivity index (χ0) is 13.9. The predicted octanol–water partition coefficient (Wildman–Crippen LogP) is 2.02. The minimum absolute atomic E-state index is 0.396. The lowest BCUT2D eigenvalue weighted by Gasteiger charge is -2.20. The van der Waals surface area contributed by atoms with Crippen molar-refractivity contribution in [3.05, 3.63) is 35.4 Å². The van der Waals surface area contributed by atoms with E-state index in [4.69, 9.17) is 4.74 Å². The summed E-state index contributed by atoms with van der Waals surface area (Å²) in [6.07, 6.45) is 1.58. The molecule has 1 unspecified atom stereocenters. The minimum Gasteiger partial charge on any atom is -0.363 e. The highest BCUT2D eigenvalue weighted by molar-refractivity contribution is 5.55. The molecule has 3 rings (SSSR count). The maximum Gasteiger partial charge on any atom is 0.134 e. The summed E-state index contributed by atoms with van der Waals surface area (Å²) >= 11 is 0. The molecule has 1 aromatic rings. The number of hydrazine groups is 1. The minimum atomic E-state index is -0.668. The average molecular weight is 269 g/mol. The average Bonchev–Trinajstić information content (AvgIpc) is 2.98. The Morgan fingerprint density at radius 1 is 1.42 bits per heavy atom. The van der Waals surface area contributed by atoms with Crippen LogP contribution in [0.3, 0.4) is 0 Å². The van der Waals surface area contributed by atoms with Crippen molar-refractivity contribution in [3.8, 4) is 0 Å². The Bertz CT molecular complexity index is 467. The summed E-state index contributed by atoms with van der Waals surface area (Å²) in [7, 11) is 0. The zero-order valence-electron chi connectivity index (χ0n) is 11.0. The van der Waals surface area contributed by atoms with Gasteiger partial charge in [0.05, 0.1) is 19.5 Å². The Hall–Kier alpha value is -1.53. The van der Waals surface area contributed by atoms with Gasteiger partial charge in [0.1, 0.15) is 23.9 Å². The summed E-state index contributed by atoms with van der Waals surface area (Å²) in [5.74, 6) is -1.15. The number of epoxide rings is 1.